The molecule has 0 aliphatic heterocycles. The van der Waals surface area contributed by atoms with Gasteiger partial charge in [-0.1, -0.05) is 19.1 Å². The van der Waals surface area contributed by atoms with Gasteiger partial charge in [-0.2, -0.15) is 0 Å². The SMILES string of the molecule is CC(O)CC(C)O.Cc1c[c-]c(-c2ccccn2)cc1.[Ir]. The van der Waals surface area contributed by atoms with Crippen LogP contribution < -0.4 is 0 Å². The molecule has 1 aromatic carbocycles. The van der Waals surface area contributed by atoms with Crippen molar-refractivity contribution in [3.8, 4) is 11.3 Å². The summed E-state index contributed by atoms with van der Waals surface area (Å²) in [5.74, 6) is 0. The molecule has 0 amide bonds. The van der Waals surface area contributed by atoms with E-state index in [4.69, 9.17) is 10.2 Å². The maximum atomic E-state index is 8.56. The van der Waals surface area contributed by atoms with E-state index in [2.05, 4.69) is 24.0 Å². The van der Waals surface area contributed by atoms with Crippen LogP contribution in [0, 0.1) is 13.0 Å². The first-order chi connectivity index (χ1) is 9.49. The molecular formula is C17H22IrNO2-. The van der Waals surface area contributed by atoms with E-state index in [-0.39, 0.29) is 32.3 Å². The third-order valence-electron chi connectivity index (χ3n) is 2.59. The second-order valence-electron chi connectivity index (χ2n) is 4.93. The molecule has 2 unspecified atom stereocenters. The van der Waals surface area contributed by atoms with Gasteiger partial charge >= 0.3 is 0 Å². The van der Waals surface area contributed by atoms with E-state index < -0.39 is 0 Å². The Morgan fingerprint density at radius 2 is 1.76 bits per heavy atom. The predicted octanol–water partition coefficient (Wildman–Crippen LogP) is 2.99. The molecule has 0 aliphatic carbocycles. The summed E-state index contributed by atoms with van der Waals surface area (Å²) in [6.45, 7) is 5.37. The number of aliphatic hydroxyl groups is 2. The number of rotatable bonds is 3. The smallest absolute Gasteiger partial charge is 0.0536 e. The van der Waals surface area contributed by atoms with Crippen molar-refractivity contribution in [3.05, 3.63) is 54.2 Å². The van der Waals surface area contributed by atoms with E-state index in [1.807, 2.05) is 30.3 Å². The Hall–Kier alpha value is -1.06. The van der Waals surface area contributed by atoms with Gasteiger partial charge in [-0.15, -0.1) is 35.4 Å². The second-order valence-corrected chi connectivity index (χ2v) is 4.93. The first kappa shape index (κ1) is 19.9. The molecule has 3 nitrogen and oxygen atoms in total. The van der Waals surface area contributed by atoms with Crippen LogP contribution in [0.5, 0.6) is 0 Å². The fourth-order valence-electron chi connectivity index (χ4n) is 1.68. The Morgan fingerprint density at radius 3 is 2.14 bits per heavy atom. The van der Waals surface area contributed by atoms with Crippen LogP contribution >= 0.6 is 0 Å². The van der Waals surface area contributed by atoms with Crippen molar-refractivity contribution in [1.29, 1.82) is 0 Å². The molecular weight excluding hydrogens is 442 g/mol. The third kappa shape index (κ3) is 8.74. The quantitative estimate of drug-likeness (QED) is 0.687. The summed E-state index contributed by atoms with van der Waals surface area (Å²) in [6, 6.07) is 15.2. The summed E-state index contributed by atoms with van der Waals surface area (Å²) in [7, 11) is 0. The van der Waals surface area contributed by atoms with E-state index in [1.165, 1.54) is 5.56 Å². The average Bonchev–Trinajstić information content (AvgIpc) is 2.40. The summed E-state index contributed by atoms with van der Waals surface area (Å²) in [5.41, 5.74) is 3.24. The third-order valence-corrected chi connectivity index (χ3v) is 2.59. The fraction of sp³-hybridized carbons (Fsp3) is 0.353. The first-order valence-corrected chi connectivity index (χ1v) is 6.75. The number of hydrogen-bond donors (Lipinski definition) is 2. The zero-order chi connectivity index (χ0) is 15.0. The van der Waals surface area contributed by atoms with Gasteiger partial charge in [0.1, 0.15) is 0 Å². The number of benzene rings is 1. The number of aryl methyl sites for hydroxylation is 1. The van der Waals surface area contributed by atoms with E-state index in [1.54, 1.807) is 20.0 Å². The number of aromatic nitrogens is 1. The van der Waals surface area contributed by atoms with Crippen LogP contribution in [0.2, 0.25) is 0 Å². The largest absolute Gasteiger partial charge is 0.393 e. The van der Waals surface area contributed by atoms with Crippen molar-refractivity contribution < 1.29 is 30.3 Å². The maximum Gasteiger partial charge on any atom is 0.0536 e. The maximum absolute atomic E-state index is 8.56. The second kappa shape index (κ2) is 10.6. The summed E-state index contributed by atoms with van der Waals surface area (Å²) in [4.78, 5) is 4.25. The number of hydrogen-bond acceptors (Lipinski definition) is 3. The summed E-state index contributed by atoms with van der Waals surface area (Å²) < 4.78 is 0. The molecule has 117 valence electrons. The van der Waals surface area contributed by atoms with E-state index in [9.17, 15) is 0 Å². The summed E-state index contributed by atoms with van der Waals surface area (Å²) in [5, 5.41) is 17.1. The molecule has 1 heterocycles. The molecule has 2 atom stereocenters. The topological polar surface area (TPSA) is 53.4 Å². The number of nitrogens with zero attached hydrogens (tertiary/aromatic N) is 1. The van der Waals surface area contributed by atoms with Gasteiger partial charge in [-0.05, 0) is 32.0 Å². The molecule has 2 aromatic rings. The van der Waals surface area contributed by atoms with Crippen LogP contribution in [0.3, 0.4) is 0 Å². The monoisotopic (exact) mass is 465 g/mol. The van der Waals surface area contributed by atoms with Crippen LogP contribution in [0.1, 0.15) is 25.8 Å². The van der Waals surface area contributed by atoms with Crippen LogP contribution in [-0.2, 0) is 20.1 Å². The molecule has 0 aliphatic rings. The molecule has 1 radical (unpaired) electrons. The molecule has 0 fully saturated rings. The van der Waals surface area contributed by atoms with Gasteiger partial charge in [0.2, 0.25) is 0 Å². The molecule has 0 saturated carbocycles. The van der Waals surface area contributed by atoms with Gasteiger partial charge in [0, 0.05) is 26.3 Å². The van der Waals surface area contributed by atoms with Crippen molar-refractivity contribution in [2.45, 2.75) is 39.4 Å². The van der Waals surface area contributed by atoms with Gasteiger partial charge < -0.3 is 15.2 Å². The minimum Gasteiger partial charge on any atom is -0.393 e. The molecule has 4 heteroatoms. The van der Waals surface area contributed by atoms with Crippen molar-refractivity contribution >= 4 is 0 Å². The van der Waals surface area contributed by atoms with Gasteiger partial charge in [0.05, 0.1) is 12.2 Å². The van der Waals surface area contributed by atoms with Gasteiger partial charge in [-0.25, -0.2) is 0 Å². The van der Waals surface area contributed by atoms with E-state index >= 15 is 0 Å². The van der Waals surface area contributed by atoms with Crippen molar-refractivity contribution in [2.24, 2.45) is 0 Å². The zero-order valence-electron chi connectivity index (χ0n) is 12.6. The average molecular weight is 465 g/mol. The van der Waals surface area contributed by atoms with Crippen LogP contribution in [0.15, 0.2) is 42.6 Å². The van der Waals surface area contributed by atoms with Crippen molar-refractivity contribution in [1.82, 2.24) is 4.98 Å². The Bertz CT molecular complexity index is 478. The molecule has 2 rings (SSSR count). The standard InChI is InChI=1S/C12H10N.C5H12O2.Ir/c1-10-5-7-11(8-6-10)12-4-2-3-9-13-12;1-4(6)3-5(2)7;/h2-7,9H,1H3;4-7H,3H2,1-2H3;/q-1;;. The van der Waals surface area contributed by atoms with E-state index in [0.29, 0.717) is 6.42 Å². The molecule has 0 saturated heterocycles. The summed E-state index contributed by atoms with van der Waals surface area (Å²) >= 11 is 0. The van der Waals surface area contributed by atoms with Crippen molar-refractivity contribution in [2.75, 3.05) is 0 Å². The Kier molecular flexibility index (Phi) is 10.1. The van der Waals surface area contributed by atoms with Crippen LogP contribution in [0.4, 0.5) is 0 Å². The van der Waals surface area contributed by atoms with Gasteiger partial charge in [0.15, 0.2) is 0 Å². The summed E-state index contributed by atoms with van der Waals surface area (Å²) in [6.07, 6.45) is 1.52. The fourth-order valence-corrected chi connectivity index (χ4v) is 1.68. The van der Waals surface area contributed by atoms with Gasteiger partial charge in [-0.3, -0.25) is 0 Å². The molecule has 2 N–H and O–H groups in total. The Morgan fingerprint density at radius 1 is 1.10 bits per heavy atom. The van der Waals surface area contributed by atoms with Gasteiger partial charge in [0.25, 0.3) is 0 Å². The minimum absolute atomic E-state index is 0. The molecule has 0 bridgehead atoms. The Labute approximate surface area is 140 Å². The van der Waals surface area contributed by atoms with Crippen molar-refractivity contribution in [3.63, 3.8) is 0 Å². The molecule has 21 heavy (non-hydrogen) atoms. The zero-order valence-corrected chi connectivity index (χ0v) is 15.0. The van der Waals surface area contributed by atoms with Crippen LogP contribution in [0.25, 0.3) is 11.3 Å². The van der Waals surface area contributed by atoms with Crippen LogP contribution in [-0.4, -0.2) is 27.4 Å². The molecule has 1 aromatic heterocycles. The minimum atomic E-state index is -0.375. The molecule has 0 spiro atoms. The number of pyridine rings is 1. The normalized spacial score (nSPS) is 12.4. The Balaban J connectivity index is 0.000000436. The first-order valence-electron chi connectivity index (χ1n) is 6.75. The predicted molar refractivity (Wildman–Crippen MR) is 81.2 cm³/mol. The van der Waals surface area contributed by atoms with E-state index in [0.717, 1.165) is 11.3 Å². The number of aliphatic hydroxyl groups excluding tert-OH is 2.